The molecule has 1 saturated carbocycles. The predicted octanol–water partition coefficient (Wildman–Crippen LogP) is 2.50. The molecule has 1 fully saturated rings. The van der Waals surface area contributed by atoms with Gasteiger partial charge in [-0.15, -0.1) is 0 Å². The average Bonchev–Trinajstić information content (AvgIpc) is 3.45. The van der Waals surface area contributed by atoms with Crippen LogP contribution in [-0.2, 0) is 4.74 Å². The van der Waals surface area contributed by atoms with Crippen molar-refractivity contribution in [2.24, 2.45) is 10.9 Å². The molecular formula is C19H29BrN4O2. The van der Waals surface area contributed by atoms with E-state index < -0.39 is 0 Å². The number of hydrogen-bond donors (Lipinski definition) is 2. The minimum Gasteiger partial charge on any atom is -0.379 e. The zero-order valence-electron chi connectivity index (χ0n) is 15.6. The van der Waals surface area contributed by atoms with Gasteiger partial charge in [0, 0.05) is 43.3 Å². The molecule has 1 amide bonds. The second-order valence-electron chi connectivity index (χ2n) is 6.44. The van der Waals surface area contributed by atoms with Crippen molar-refractivity contribution in [2.45, 2.75) is 19.8 Å². The highest BCUT2D eigenvalue weighted by molar-refractivity contribution is 9.10. The number of ether oxygens (including phenoxy) is 1. The van der Waals surface area contributed by atoms with Gasteiger partial charge in [-0.2, -0.15) is 0 Å². The summed E-state index contributed by atoms with van der Waals surface area (Å²) in [5, 5.41) is 6.17. The summed E-state index contributed by atoms with van der Waals surface area (Å²) in [6.07, 6.45) is 2.62. The molecule has 6 nitrogen and oxygen atoms in total. The molecule has 1 aliphatic rings. The lowest BCUT2D eigenvalue weighted by molar-refractivity contribution is 0.0954. The van der Waals surface area contributed by atoms with Crippen molar-refractivity contribution < 1.29 is 9.53 Å². The van der Waals surface area contributed by atoms with Gasteiger partial charge in [0.25, 0.3) is 5.91 Å². The number of aliphatic imine (C=N–C) groups is 1. The number of halogens is 1. The lowest BCUT2D eigenvalue weighted by Crippen LogP contribution is -2.41. The summed E-state index contributed by atoms with van der Waals surface area (Å²) in [6.45, 7) is 6.24. The Morgan fingerprint density at radius 3 is 2.88 bits per heavy atom. The van der Waals surface area contributed by atoms with E-state index in [0.29, 0.717) is 25.3 Å². The van der Waals surface area contributed by atoms with Gasteiger partial charge in [0.05, 0.1) is 13.2 Å². The summed E-state index contributed by atoms with van der Waals surface area (Å²) in [4.78, 5) is 18.7. The maximum absolute atomic E-state index is 12.1. The third-order valence-electron chi connectivity index (χ3n) is 4.06. The Kier molecular flexibility index (Phi) is 8.91. The van der Waals surface area contributed by atoms with Crippen LogP contribution in [0.25, 0.3) is 0 Å². The number of benzene rings is 1. The molecule has 2 rings (SSSR count). The van der Waals surface area contributed by atoms with E-state index in [9.17, 15) is 4.79 Å². The van der Waals surface area contributed by atoms with Crippen molar-refractivity contribution in [3.63, 3.8) is 0 Å². The van der Waals surface area contributed by atoms with E-state index in [1.54, 1.807) is 12.1 Å². The number of nitrogens with one attached hydrogen (secondary N) is 2. The Morgan fingerprint density at radius 1 is 1.38 bits per heavy atom. The molecule has 0 aromatic heterocycles. The first-order valence-electron chi connectivity index (χ1n) is 9.21. The molecule has 0 heterocycles. The minimum absolute atomic E-state index is 0.0895. The van der Waals surface area contributed by atoms with Gasteiger partial charge < -0.3 is 20.3 Å². The normalized spacial score (nSPS) is 14.2. The van der Waals surface area contributed by atoms with Crippen molar-refractivity contribution in [1.82, 2.24) is 15.5 Å². The fraction of sp³-hybridized carbons (Fsp3) is 0.579. The molecule has 7 heteroatoms. The Morgan fingerprint density at radius 2 is 2.19 bits per heavy atom. The predicted molar refractivity (Wildman–Crippen MR) is 109 cm³/mol. The van der Waals surface area contributed by atoms with Gasteiger partial charge in [-0.3, -0.25) is 9.79 Å². The van der Waals surface area contributed by atoms with Crippen LogP contribution in [0, 0.1) is 5.92 Å². The fourth-order valence-electron chi connectivity index (χ4n) is 2.37. The molecule has 1 aliphatic carbocycles. The van der Waals surface area contributed by atoms with E-state index in [1.165, 1.54) is 12.8 Å². The third kappa shape index (κ3) is 7.74. The fourth-order valence-corrected chi connectivity index (χ4v) is 2.77. The molecule has 0 bridgehead atoms. The van der Waals surface area contributed by atoms with Crippen molar-refractivity contribution in [1.29, 1.82) is 0 Å². The van der Waals surface area contributed by atoms with Crippen molar-refractivity contribution >= 4 is 27.8 Å². The van der Waals surface area contributed by atoms with Gasteiger partial charge in [-0.05, 0) is 43.9 Å². The Bertz CT molecular complexity index is 605. The number of guanidine groups is 1. The van der Waals surface area contributed by atoms with Crippen LogP contribution >= 0.6 is 15.9 Å². The highest BCUT2D eigenvalue weighted by Gasteiger charge is 2.21. The van der Waals surface area contributed by atoms with Gasteiger partial charge in [0.15, 0.2) is 5.96 Å². The van der Waals surface area contributed by atoms with Crippen LogP contribution in [0.15, 0.2) is 33.7 Å². The number of amides is 1. The zero-order chi connectivity index (χ0) is 18.8. The van der Waals surface area contributed by atoms with Crippen LogP contribution in [0.3, 0.4) is 0 Å². The number of carbonyl (C=O) groups is 1. The molecule has 2 N–H and O–H groups in total. The van der Waals surface area contributed by atoms with Crippen molar-refractivity contribution in [3.05, 3.63) is 34.3 Å². The topological polar surface area (TPSA) is 66.0 Å². The van der Waals surface area contributed by atoms with Gasteiger partial charge in [-0.1, -0.05) is 22.0 Å². The Hall–Kier alpha value is -1.60. The van der Waals surface area contributed by atoms with E-state index >= 15 is 0 Å². The van der Waals surface area contributed by atoms with Crippen LogP contribution < -0.4 is 10.6 Å². The summed E-state index contributed by atoms with van der Waals surface area (Å²) in [5.41, 5.74) is 0.639. The summed E-state index contributed by atoms with van der Waals surface area (Å²) in [6, 6.07) is 7.34. The Labute approximate surface area is 164 Å². The zero-order valence-corrected chi connectivity index (χ0v) is 17.2. The monoisotopic (exact) mass is 424 g/mol. The smallest absolute Gasteiger partial charge is 0.251 e. The lowest BCUT2D eigenvalue weighted by Gasteiger charge is -2.22. The standard InChI is InChI=1S/C19H29BrN4O2/c1-3-21-19(24(2)11-12-26-14-15-7-8-15)23-10-9-22-18(25)16-5-4-6-17(20)13-16/h4-6,13,15H,3,7-12,14H2,1-2H3,(H,21,23)(H,22,25). The second kappa shape index (κ2) is 11.2. The number of rotatable bonds is 10. The largest absolute Gasteiger partial charge is 0.379 e. The number of carbonyl (C=O) groups excluding carboxylic acids is 1. The van der Waals surface area contributed by atoms with E-state index in [-0.39, 0.29) is 5.91 Å². The summed E-state index contributed by atoms with van der Waals surface area (Å²) in [5.74, 6) is 1.53. The molecule has 0 saturated heterocycles. The lowest BCUT2D eigenvalue weighted by atomic mass is 10.2. The summed E-state index contributed by atoms with van der Waals surface area (Å²) in [7, 11) is 2.00. The SMILES string of the molecule is CCNC(=NCCNC(=O)c1cccc(Br)c1)N(C)CCOCC1CC1. The van der Waals surface area contributed by atoms with Gasteiger partial charge in [0.2, 0.25) is 0 Å². The first-order chi connectivity index (χ1) is 12.6. The first kappa shape index (κ1) is 20.7. The van der Waals surface area contributed by atoms with Crippen LogP contribution in [-0.4, -0.2) is 63.2 Å². The Balaban J connectivity index is 1.71. The molecule has 0 radical (unpaired) electrons. The van der Waals surface area contributed by atoms with Crippen LogP contribution in [0.5, 0.6) is 0 Å². The molecule has 0 spiro atoms. The molecule has 144 valence electrons. The number of hydrogen-bond acceptors (Lipinski definition) is 3. The second-order valence-corrected chi connectivity index (χ2v) is 7.36. The summed E-state index contributed by atoms with van der Waals surface area (Å²) >= 11 is 3.38. The van der Waals surface area contributed by atoms with Crippen LogP contribution in [0.1, 0.15) is 30.1 Å². The third-order valence-corrected chi connectivity index (χ3v) is 4.56. The quantitative estimate of drug-likeness (QED) is 0.344. The maximum Gasteiger partial charge on any atom is 0.251 e. The van der Waals surface area contributed by atoms with Crippen LogP contribution in [0.4, 0.5) is 0 Å². The van der Waals surface area contributed by atoms with Crippen LogP contribution in [0.2, 0.25) is 0 Å². The highest BCUT2D eigenvalue weighted by atomic mass is 79.9. The molecule has 0 unspecified atom stereocenters. The van der Waals surface area contributed by atoms with E-state index in [1.807, 2.05) is 26.1 Å². The molecular weight excluding hydrogens is 396 g/mol. The number of likely N-dealkylation sites (N-methyl/N-ethyl adjacent to an activating group) is 1. The van der Waals surface area contributed by atoms with Crippen molar-refractivity contribution in [3.8, 4) is 0 Å². The number of nitrogens with zero attached hydrogens (tertiary/aromatic N) is 2. The molecule has 0 aliphatic heterocycles. The molecule has 1 aromatic carbocycles. The van der Waals surface area contributed by atoms with E-state index in [4.69, 9.17) is 4.74 Å². The minimum atomic E-state index is -0.0895. The van der Waals surface area contributed by atoms with Gasteiger partial charge in [0.1, 0.15) is 0 Å². The van der Waals surface area contributed by atoms with Gasteiger partial charge in [-0.25, -0.2) is 0 Å². The first-order valence-corrected chi connectivity index (χ1v) is 10.0. The van der Waals surface area contributed by atoms with Gasteiger partial charge >= 0.3 is 0 Å². The average molecular weight is 425 g/mol. The summed E-state index contributed by atoms with van der Waals surface area (Å²) < 4.78 is 6.58. The maximum atomic E-state index is 12.1. The molecule has 0 atom stereocenters. The molecule has 1 aromatic rings. The van der Waals surface area contributed by atoms with Crippen molar-refractivity contribution in [2.75, 3.05) is 46.4 Å². The van der Waals surface area contributed by atoms with E-state index in [2.05, 4.69) is 36.5 Å². The van der Waals surface area contributed by atoms with E-state index in [0.717, 1.165) is 36.0 Å². The molecule has 26 heavy (non-hydrogen) atoms. The highest BCUT2D eigenvalue weighted by Crippen LogP contribution is 2.28.